The predicted molar refractivity (Wildman–Crippen MR) is 91.5 cm³/mol. The zero-order valence-corrected chi connectivity index (χ0v) is 14.3. The summed E-state index contributed by atoms with van der Waals surface area (Å²) in [5, 5.41) is 3.51. The number of rotatable bonds is 3. The number of hydrogen-bond donors (Lipinski definition) is 1. The number of guanidine groups is 1. The lowest BCUT2D eigenvalue weighted by atomic mass is 9.86. The van der Waals surface area contributed by atoms with Crippen LogP contribution in [0.25, 0.3) is 0 Å². The minimum atomic E-state index is 0.596. The van der Waals surface area contributed by atoms with E-state index in [9.17, 15) is 0 Å². The first kappa shape index (κ1) is 15.2. The van der Waals surface area contributed by atoms with Crippen LogP contribution in [0.1, 0.15) is 37.0 Å². The molecule has 1 aliphatic heterocycles. The molecule has 1 aliphatic carbocycles. The quantitative estimate of drug-likeness (QED) is 0.676. The number of aliphatic imine (C=N–C) groups is 1. The van der Waals surface area contributed by atoms with Crippen LogP contribution >= 0.6 is 22.9 Å². The fourth-order valence-electron chi connectivity index (χ4n) is 3.76. The summed E-state index contributed by atoms with van der Waals surface area (Å²) in [5.41, 5.74) is 0.596. The van der Waals surface area contributed by atoms with Crippen LogP contribution in [0.2, 0.25) is 4.34 Å². The first-order valence-electron chi connectivity index (χ1n) is 7.91. The van der Waals surface area contributed by atoms with Crippen molar-refractivity contribution in [1.29, 1.82) is 0 Å². The monoisotopic (exact) mass is 325 g/mol. The number of likely N-dealkylation sites (tertiary alicyclic amines) is 1. The van der Waals surface area contributed by atoms with Crippen LogP contribution in [0.3, 0.4) is 0 Å². The van der Waals surface area contributed by atoms with E-state index in [1.54, 1.807) is 11.3 Å². The Balaban J connectivity index is 1.49. The van der Waals surface area contributed by atoms with Crippen LogP contribution < -0.4 is 5.32 Å². The Hall–Kier alpha value is -0.740. The third-order valence-corrected chi connectivity index (χ3v) is 6.19. The second-order valence-electron chi connectivity index (χ2n) is 6.31. The summed E-state index contributed by atoms with van der Waals surface area (Å²) >= 11 is 7.63. The van der Waals surface area contributed by atoms with Crippen molar-refractivity contribution >= 4 is 28.9 Å². The van der Waals surface area contributed by atoms with Gasteiger partial charge in [-0.05, 0) is 43.2 Å². The molecule has 3 rings (SSSR count). The summed E-state index contributed by atoms with van der Waals surface area (Å²) in [6.45, 7) is 3.27. The lowest BCUT2D eigenvalue weighted by Gasteiger charge is -2.25. The van der Waals surface area contributed by atoms with E-state index >= 15 is 0 Å². The van der Waals surface area contributed by atoms with Crippen molar-refractivity contribution in [3.8, 4) is 0 Å². The maximum atomic E-state index is 5.97. The highest BCUT2D eigenvalue weighted by Gasteiger charge is 2.40. The summed E-state index contributed by atoms with van der Waals surface area (Å²) in [5.74, 6) is 1.07. The Morgan fingerprint density at radius 1 is 1.38 bits per heavy atom. The number of thiophene rings is 1. The third kappa shape index (κ3) is 3.54. The normalized spacial score (nSPS) is 21.4. The zero-order chi connectivity index (χ0) is 14.7. The van der Waals surface area contributed by atoms with Crippen LogP contribution in [-0.2, 0) is 6.42 Å². The number of nitrogens with one attached hydrogen (secondary N) is 1. The third-order valence-electron chi connectivity index (χ3n) is 4.90. The molecule has 0 bridgehead atoms. The smallest absolute Gasteiger partial charge is 0.193 e. The van der Waals surface area contributed by atoms with Crippen molar-refractivity contribution in [2.45, 2.75) is 38.5 Å². The molecule has 0 amide bonds. The molecule has 0 radical (unpaired) electrons. The molecule has 1 saturated heterocycles. The van der Waals surface area contributed by atoms with E-state index in [4.69, 9.17) is 11.6 Å². The molecule has 2 fully saturated rings. The van der Waals surface area contributed by atoms with Crippen LogP contribution in [0, 0.1) is 5.41 Å². The van der Waals surface area contributed by atoms with Crippen LogP contribution in [0.15, 0.2) is 17.1 Å². The molecule has 116 valence electrons. The molecule has 1 aromatic rings. The number of hydrogen-bond acceptors (Lipinski definition) is 2. The lowest BCUT2D eigenvalue weighted by molar-refractivity contribution is 0.309. The minimum Gasteiger partial charge on any atom is -0.356 e. The Kier molecular flexibility index (Phi) is 4.75. The molecule has 1 spiro atoms. The van der Waals surface area contributed by atoms with E-state index < -0.39 is 0 Å². The molecule has 0 unspecified atom stereocenters. The lowest BCUT2D eigenvalue weighted by Crippen LogP contribution is -2.41. The SMILES string of the molecule is CN=C(NCCc1ccc(Cl)s1)N1CCC2(CCCC2)C1. The zero-order valence-electron chi connectivity index (χ0n) is 12.7. The average Bonchev–Trinajstić information content (AvgIpc) is 3.19. The molecular weight excluding hydrogens is 302 g/mol. The maximum Gasteiger partial charge on any atom is 0.193 e. The van der Waals surface area contributed by atoms with E-state index in [1.165, 1.54) is 43.5 Å². The predicted octanol–water partition coefficient (Wildman–Crippen LogP) is 3.79. The van der Waals surface area contributed by atoms with Gasteiger partial charge < -0.3 is 10.2 Å². The van der Waals surface area contributed by atoms with Crippen molar-refractivity contribution in [3.63, 3.8) is 0 Å². The molecule has 3 nitrogen and oxygen atoms in total. The van der Waals surface area contributed by atoms with Gasteiger partial charge in [-0.15, -0.1) is 11.3 Å². The summed E-state index contributed by atoms with van der Waals surface area (Å²) in [6, 6.07) is 4.08. The van der Waals surface area contributed by atoms with Crippen molar-refractivity contribution in [3.05, 3.63) is 21.3 Å². The highest BCUT2D eigenvalue weighted by atomic mass is 35.5. The second kappa shape index (κ2) is 6.57. The summed E-state index contributed by atoms with van der Waals surface area (Å²) in [6.07, 6.45) is 8.00. The number of halogens is 1. The highest BCUT2D eigenvalue weighted by molar-refractivity contribution is 7.16. The van der Waals surface area contributed by atoms with E-state index in [-0.39, 0.29) is 0 Å². The largest absolute Gasteiger partial charge is 0.356 e. The van der Waals surface area contributed by atoms with Crippen molar-refractivity contribution in [1.82, 2.24) is 10.2 Å². The molecular formula is C16H24ClN3S. The van der Waals surface area contributed by atoms with Gasteiger partial charge in [-0.1, -0.05) is 24.4 Å². The van der Waals surface area contributed by atoms with Gasteiger partial charge in [-0.25, -0.2) is 0 Å². The maximum absolute atomic E-state index is 5.97. The van der Waals surface area contributed by atoms with Crippen LogP contribution in [0.5, 0.6) is 0 Å². The Labute approximate surface area is 136 Å². The van der Waals surface area contributed by atoms with Gasteiger partial charge in [0, 0.05) is 31.6 Å². The van der Waals surface area contributed by atoms with E-state index in [0.29, 0.717) is 5.41 Å². The standard InChI is InChI=1S/C16H24ClN3S/c1-18-15(19-10-6-13-4-5-14(17)21-13)20-11-9-16(12-20)7-2-3-8-16/h4-5H,2-3,6-12H2,1H3,(H,18,19). The Morgan fingerprint density at radius 2 is 2.19 bits per heavy atom. The fraction of sp³-hybridized carbons (Fsp3) is 0.688. The van der Waals surface area contributed by atoms with E-state index in [1.807, 2.05) is 13.1 Å². The highest BCUT2D eigenvalue weighted by Crippen LogP contribution is 2.45. The van der Waals surface area contributed by atoms with E-state index in [2.05, 4.69) is 21.3 Å². The topological polar surface area (TPSA) is 27.6 Å². The first-order chi connectivity index (χ1) is 10.2. The molecule has 5 heteroatoms. The van der Waals surface area contributed by atoms with Gasteiger partial charge in [0.05, 0.1) is 4.34 Å². The minimum absolute atomic E-state index is 0.596. The summed E-state index contributed by atoms with van der Waals surface area (Å²) < 4.78 is 0.872. The summed E-state index contributed by atoms with van der Waals surface area (Å²) in [4.78, 5) is 8.25. The first-order valence-corrected chi connectivity index (χ1v) is 9.10. The van der Waals surface area contributed by atoms with Gasteiger partial charge in [0.15, 0.2) is 5.96 Å². The van der Waals surface area contributed by atoms with Crippen molar-refractivity contribution in [2.24, 2.45) is 10.4 Å². The van der Waals surface area contributed by atoms with Gasteiger partial charge >= 0.3 is 0 Å². The molecule has 2 aliphatic rings. The molecule has 2 heterocycles. The van der Waals surface area contributed by atoms with Crippen LogP contribution in [0.4, 0.5) is 0 Å². The molecule has 1 aromatic heterocycles. The number of nitrogens with zero attached hydrogens (tertiary/aromatic N) is 2. The van der Waals surface area contributed by atoms with Gasteiger partial charge in [-0.2, -0.15) is 0 Å². The van der Waals surface area contributed by atoms with Gasteiger partial charge in [-0.3, -0.25) is 4.99 Å². The van der Waals surface area contributed by atoms with Crippen molar-refractivity contribution in [2.75, 3.05) is 26.7 Å². The van der Waals surface area contributed by atoms with Crippen molar-refractivity contribution < 1.29 is 0 Å². The Morgan fingerprint density at radius 3 is 2.86 bits per heavy atom. The van der Waals surface area contributed by atoms with Gasteiger partial charge in [0.25, 0.3) is 0 Å². The molecule has 0 atom stereocenters. The fourth-order valence-corrected chi connectivity index (χ4v) is 4.85. The molecule has 21 heavy (non-hydrogen) atoms. The molecule has 1 saturated carbocycles. The Bertz CT molecular complexity index is 505. The van der Waals surface area contributed by atoms with Gasteiger partial charge in [0.1, 0.15) is 0 Å². The van der Waals surface area contributed by atoms with E-state index in [0.717, 1.165) is 29.8 Å². The average molecular weight is 326 g/mol. The second-order valence-corrected chi connectivity index (χ2v) is 8.11. The van der Waals surface area contributed by atoms with Crippen LogP contribution in [-0.4, -0.2) is 37.5 Å². The summed E-state index contributed by atoms with van der Waals surface area (Å²) in [7, 11) is 1.89. The molecule has 1 N–H and O–H groups in total. The van der Waals surface area contributed by atoms with Gasteiger partial charge in [0.2, 0.25) is 0 Å². The molecule has 0 aromatic carbocycles.